The number of methoxy groups -OCH3 is 1. The van der Waals surface area contributed by atoms with E-state index in [1.165, 1.54) is 33.5 Å². The van der Waals surface area contributed by atoms with E-state index in [0.29, 0.717) is 35.6 Å². The maximum absolute atomic E-state index is 14.6. The number of nitrogen functional groups attached to an aromatic ring is 3. The van der Waals surface area contributed by atoms with Gasteiger partial charge in [-0.15, -0.1) is 0 Å². The number of hydrogen-bond acceptors (Lipinski definition) is 34. The van der Waals surface area contributed by atoms with Gasteiger partial charge in [0.25, 0.3) is 0 Å². The van der Waals surface area contributed by atoms with E-state index in [4.69, 9.17) is 77.5 Å². The number of aliphatic hydroxyl groups is 1. The summed E-state index contributed by atoms with van der Waals surface area (Å²) in [6.45, 7) is -7.82. The molecule has 0 saturated carbocycles. The van der Waals surface area contributed by atoms with Gasteiger partial charge in [0.05, 0.1) is 38.8 Å². The summed E-state index contributed by atoms with van der Waals surface area (Å²) in [6.07, 6.45) is 4.19. The van der Waals surface area contributed by atoms with Gasteiger partial charge in [-0.1, -0.05) is 90.9 Å². The Kier molecular flexibility index (Phi) is 28.7. The monoisotopic (exact) mass is 1570 g/mol. The largest absolute Gasteiger partial charge is 0.472 e. The summed E-state index contributed by atoms with van der Waals surface area (Å²) in [7, 11) is -9.80. The number of anilines is 3. The Labute approximate surface area is 599 Å². The molecular formula is C58H89N15O24P4S2. The third-order valence-corrected chi connectivity index (χ3v) is 25.5. The number of unbranched alkanes of at least 4 members (excludes halogenated alkanes) is 12. The molecule has 572 valence electrons. The van der Waals surface area contributed by atoms with Gasteiger partial charge in [0, 0.05) is 38.1 Å². The molecule has 0 aromatic carbocycles. The fourth-order valence-electron chi connectivity index (χ4n) is 12.5. The zero-order valence-electron chi connectivity index (χ0n) is 56.9. The molecule has 10 heterocycles. The summed E-state index contributed by atoms with van der Waals surface area (Å²) in [5, 5.41) is 12.2. The van der Waals surface area contributed by atoms with Crippen molar-refractivity contribution >= 4 is 115 Å². The summed E-state index contributed by atoms with van der Waals surface area (Å²) in [5.74, 6) is -1.28. The summed E-state index contributed by atoms with van der Waals surface area (Å²) in [4.78, 5) is 108. The van der Waals surface area contributed by atoms with Crippen molar-refractivity contribution in [3.63, 3.8) is 0 Å². The van der Waals surface area contributed by atoms with Gasteiger partial charge in [0.15, 0.2) is 53.1 Å². The van der Waals surface area contributed by atoms with Crippen LogP contribution in [0.2, 0.25) is 0 Å². The molecule has 6 aromatic rings. The number of esters is 2. The molecule has 45 heteroatoms. The SMILES string of the molecule is CCCCCCCCCC(=O)OCCSP(=O)(O)OC[C@H]1O[C@@H](n2cnc3c(N)ncnc32)C(OP(=O)(O)OC[C@H]2O[C@@H](n3cnc4c(N)ncnc43)C(OP(=O)(O)OC[C@]34CCCO[C@@H]3C(OP(=O)(O)SCCOC(=O)CCCCCCCCC)[C@H](n3cnc5c(N)ncnc53)O4)[C@H]2O)[C@H]1OC. The van der Waals surface area contributed by atoms with E-state index < -0.39 is 134 Å². The Morgan fingerprint density at radius 3 is 1.54 bits per heavy atom. The van der Waals surface area contributed by atoms with Gasteiger partial charge in [-0.2, -0.15) is 0 Å². The van der Waals surface area contributed by atoms with E-state index >= 15 is 0 Å². The molecule has 10 rings (SSSR count). The maximum Gasteiger partial charge on any atom is 0.472 e. The highest BCUT2D eigenvalue weighted by atomic mass is 32.7. The van der Waals surface area contributed by atoms with Crippen molar-refractivity contribution in [2.45, 2.75) is 203 Å². The third-order valence-electron chi connectivity index (χ3n) is 17.6. The van der Waals surface area contributed by atoms with Crippen LogP contribution < -0.4 is 17.2 Å². The highest BCUT2D eigenvalue weighted by Gasteiger charge is 2.62. The molecule has 4 fully saturated rings. The molecule has 0 amide bonds. The summed E-state index contributed by atoms with van der Waals surface area (Å²) < 4.78 is 137. The van der Waals surface area contributed by atoms with Crippen LogP contribution in [0.3, 0.4) is 0 Å². The van der Waals surface area contributed by atoms with Crippen molar-refractivity contribution < 1.29 is 113 Å². The Balaban J connectivity index is 0.820. The van der Waals surface area contributed by atoms with E-state index in [-0.39, 0.29) is 108 Å². The lowest BCUT2D eigenvalue weighted by Crippen LogP contribution is -2.51. The van der Waals surface area contributed by atoms with Crippen molar-refractivity contribution in [1.29, 1.82) is 0 Å². The lowest BCUT2D eigenvalue weighted by atomic mass is 9.89. The zero-order chi connectivity index (χ0) is 73.5. The fraction of sp³-hybridized carbons (Fsp3) is 0.707. The molecule has 0 spiro atoms. The van der Waals surface area contributed by atoms with Gasteiger partial charge >= 0.3 is 41.2 Å². The minimum atomic E-state index is -5.54. The van der Waals surface area contributed by atoms with Gasteiger partial charge in [0.1, 0.15) is 103 Å². The lowest BCUT2D eigenvalue weighted by Gasteiger charge is -2.38. The van der Waals surface area contributed by atoms with Crippen LogP contribution >= 0.6 is 52.0 Å². The molecule has 4 saturated heterocycles. The molecule has 0 aliphatic carbocycles. The second-order valence-corrected chi connectivity index (χ2v) is 35.6. The van der Waals surface area contributed by atoms with E-state index in [1.54, 1.807) is 0 Å². The number of rotatable bonds is 43. The number of nitrogens with zero attached hydrogens (tertiary/aromatic N) is 12. The number of nitrogens with two attached hydrogens (primary N) is 3. The fourth-order valence-corrected chi connectivity index (χ4v) is 18.9. The topological polar surface area (TPSA) is 532 Å². The minimum Gasteiger partial charge on any atom is -0.465 e. The van der Waals surface area contributed by atoms with Crippen LogP contribution in [0.15, 0.2) is 38.0 Å². The number of ether oxygens (including phenoxy) is 7. The van der Waals surface area contributed by atoms with Crippen LogP contribution in [-0.2, 0) is 88.1 Å². The Hall–Kier alpha value is -5.03. The van der Waals surface area contributed by atoms with Gasteiger partial charge in [-0.25, -0.2) is 63.1 Å². The second-order valence-electron chi connectivity index (χ2n) is 24.8. The Morgan fingerprint density at radius 2 is 1.02 bits per heavy atom. The smallest absolute Gasteiger partial charge is 0.465 e. The first-order chi connectivity index (χ1) is 49.4. The van der Waals surface area contributed by atoms with Gasteiger partial charge in [-0.3, -0.25) is 50.4 Å². The standard InChI is InChI=1S/C58H89N15O24P4S2/c1-4-6-8-10-12-14-16-19-38(74)86-23-25-102-100(81,82)90-28-37-44(85-3)46(56(93-37)72-34-69-41-50(60)63-31-66-53(41)72)96-98(77,78)89-27-36-43(76)45(55(92-36)71-33-68-40-49(59)62-30-65-52(40)71)95-99(79,80)91-29-58-21-18-22-88-48(58)47(57(94-58)73-35-70-42-51(61)64-32-67-54(42)73)97-101(83,84)103-26-24-87-39(75)20-17-15-13-11-9-7-5-2/h30-37,43-48,55-57,76H,4-29H2,1-3H3,(H,77,78)(H,79,80)(H,81,82)(H,83,84)(H2,59,62,65)(H2,60,63,66)(H2,61,64,67)/t36-,37-,43+,44+,45?,46?,47?,48-,55-,56-,57-,58-/m1/s1. The molecule has 0 radical (unpaired) electrons. The van der Waals surface area contributed by atoms with E-state index in [0.717, 1.165) is 102 Å². The predicted octanol–water partition coefficient (Wildman–Crippen LogP) is 7.31. The van der Waals surface area contributed by atoms with Crippen molar-refractivity contribution in [3.05, 3.63) is 38.0 Å². The van der Waals surface area contributed by atoms with E-state index in [1.807, 2.05) is 0 Å². The Morgan fingerprint density at radius 1 is 0.563 bits per heavy atom. The molecule has 0 bridgehead atoms. The molecule has 11 N–H and O–H groups in total. The highest BCUT2D eigenvalue weighted by Crippen LogP contribution is 2.62. The van der Waals surface area contributed by atoms with Crippen molar-refractivity contribution in [2.24, 2.45) is 0 Å². The number of phosphoric acid groups is 2. The van der Waals surface area contributed by atoms with Crippen LogP contribution in [0.5, 0.6) is 0 Å². The molecular weight excluding hydrogens is 1480 g/mol. The third kappa shape index (κ3) is 20.8. The first-order valence-corrected chi connectivity index (χ1v) is 43.2. The summed E-state index contributed by atoms with van der Waals surface area (Å²) in [6, 6.07) is 0. The predicted molar refractivity (Wildman–Crippen MR) is 369 cm³/mol. The molecule has 16 atom stereocenters. The maximum atomic E-state index is 14.6. The quantitative estimate of drug-likeness (QED) is 0.0106. The zero-order valence-corrected chi connectivity index (χ0v) is 62.1. The average molecular weight is 1570 g/mol. The second kappa shape index (κ2) is 36.7. The molecule has 4 aliphatic heterocycles. The van der Waals surface area contributed by atoms with E-state index in [9.17, 15) is 52.5 Å². The molecule has 4 aliphatic rings. The van der Waals surface area contributed by atoms with Crippen molar-refractivity contribution in [3.8, 4) is 0 Å². The molecule has 7 unspecified atom stereocenters. The number of aromatic nitrogens is 12. The van der Waals surface area contributed by atoms with Crippen LogP contribution in [0, 0.1) is 0 Å². The van der Waals surface area contributed by atoms with E-state index in [2.05, 4.69) is 58.7 Å². The summed E-state index contributed by atoms with van der Waals surface area (Å²) >= 11 is 0.987. The lowest BCUT2D eigenvalue weighted by molar-refractivity contribution is -0.165. The van der Waals surface area contributed by atoms with Gasteiger partial charge in [-0.05, 0) is 48.4 Å². The van der Waals surface area contributed by atoms with Crippen molar-refractivity contribution in [1.82, 2.24) is 58.6 Å². The summed E-state index contributed by atoms with van der Waals surface area (Å²) in [5.41, 5.74) is 17.0. The minimum absolute atomic E-state index is 0.0112. The molecule has 39 nitrogen and oxygen atoms in total. The van der Waals surface area contributed by atoms with Gasteiger partial charge in [0.2, 0.25) is 0 Å². The normalized spacial score (nSPS) is 26.7. The molecule has 103 heavy (non-hydrogen) atoms. The first-order valence-electron chi connectivity index (χ1n) is 33.9. The van der Waals surface area contributed by atoms with Crippen LogP contribution in [0.25, 0.3) is 33.5 Å². The number of hydrogen-bond donors (Lipinski definition) is 8. The van der Waals surface area contributed by atoms with Crippen LogP contribution in [0.4, 0.5) is 17.5 Å². The van der Waals surface area contributed by atoms with Crippen molar-refractivity contribution in [2.75, 3.05) is 75.5 Å². The number of imidazole rings is 3. The Bertz CT molecular complexity index is 4010. The number of fused-ring (bicyclic) bond motifs is 4. The highest BCUT2D eigenvalue weighted by molar-refractivity contribution is 8.55. The number of carbonyl (C=O) groups is 2. The first kappa shape index (κ1) is 80.5. The number of phosphoric ester groups is 2. The van der Waals surface area contributed by atoms with Crippen LogP contribution in [-0.4, -0.2) is 208 Å². The molecule has 6 aromatic heterocycles. The number of aliphatic hydroxyl groups excluding tert-OH is 1. The van der Waals surface area contributed by atoms with Crippen LogP contribution in [0.1, 0.15) is 148 Å². The average Bonchev–Trinajstić information content (AvgIpc) is 1.58. The number of carbonyl (C=O) groups excluding carboxylic acids is 2. The van der Waals surface area contributed by atoms with Gasteiger partial charge < -0.3 is 75.0 Å².